The minimum Gasteiger partial charge on any atom is -0.219 e. The van der Waals surface area contributed by atoms with Gasteiger partial charge in [-0.3, -0.25) is 0 Å². The van der Waals surface area contributed by atoms with Crippen molar-refractivity contribution in [1.82, 2.24) is 0 Å². The standard InChI is InChI=1S/C12H8Cl2F2/c13-11(7-3-4-8-12(11,14)16)9-5-1-2-6-10(9)15/h1-8H. The number of rotatable bonds is 1. The predicted molar refractivity (Wildman–Crippen MR) is 61.9 cm³/mol. The van der Waals surface area contributed by atoms with Crippen molar-refractivity contribution in [2.75, 3.05) is 0 Å². The Balaban J connectivity index is 2.59. The Hall–Kier alpha value is -0.860. The molecule has 0 spiro atoms. The van der Waals surface area contributed by atoms with E-state index in [1.807, 2.05) is 0 Å². The van der Waals surface area contributed by atoms with Crippen molar-refractivity contribution < 1.29 is 8.78 Å². The van der Waals surface area contributed by atoms with Crippen LogP contribution in [0, 0.1) is 5.82 Å². The Bertz CT molecular complexity index is 466. The normalized spacial score (nSPS) is 33.0. The molecule has 1 aliphatic rings. The zero-order valence-corrected chi connectivity index (χ0v) is 9.64. The lowest BCUT2D eigenvalue weighted by Crippen LogP contribution is -2.38. The molecular formula is C12H8Cl2F2. The maximum Gasteiger partial charge on any atom is 0.228 e. The molecule has 0 saturated heterocycles. The van der Waals surface area contributed by atoms with Crippen LogP contribution in [0.15, 0.2) is 48.6 Å². The Morgan fingerprint density at radius 3 is 2.25 bits per heavy atom. The predicted octanol–water partition coefficient (Wildman–Crippen LogP) is 4.29. The molecule has 0 radical (unpaired) electrons. The van der Waals surface area contributed by atoms with Crippen LogP contribution in [0.1, 0.15) is 5.56 Å². The second-order valence-electron chi connectivity index (χ2n) is 3.53. The SMILES string of the molecule is Fc1ccccc1C1(Cl)C=CC=CC1(F)Cl. The second-order valence-corrected chi connectivity index (χ2v) is 4.68. The van der Waals surface area contributed by atoms with Crippen LogP contribution in [-0.4, -0.2) is 5.13 Å². The first-order chi connectivity index (χ1) is 7.47. The Labute approximate surface area is 102 Å². The van der Waals surface area contributed by atoms with Gasteiger partial charge in [0.1, 0.15) is 10.7 Å². The van der Waals surface area contributed by atoms with Crippen LogP contribution in [-0.2, 0) is 4.87 Å². The molecule has 0 bridgehead atoms. The number of halogens is 4. The van der Waals surface area contributed by atoms with E-state index < -0.39 is 15.8 Å². The summed E-state index contributed by atoms with van der Waals surface area (Å²) < 4.78 is 27.7. The molecular weight excluding hydrogens is 253 g/mol. The van der Waals surface area contributed by atoms with Crippen LogP contribution in [0.25, 0.3) is 0 Å². The summed E-state index contributed by atoms with van der Waals surface area (Å²) in [5.74, 6) is -0.583. The van der Waals surface area contributed by atoms with Gasteiger partial charge in [0, 0.05) is 5.56 Å². The molecule has 16 heavy (non-hydrogen) atoms. The third-order valence-electron chi connectivity index (χ3n) is 2.49. The van der Waals surface area contributed by atoms with Crippen LogP contribution >= 0.6 is 23.2 Å². The highest BCUT2D eigenvalue weighted by atomic mass is 35.5. The molecule has 0 fully saturated rings. The summed E-state index contributed by atoms with van der Waals surface area (Å²) in [6, 6.07) is 5.73. The van der Waals surface area contributed by atoms with Gasteiger partial charge >= 0.3 is 0 Å². The minimum atomic E-state index is -2.34. The summed E-state index contributed by atoms with van der Waals surface area (Å²) in [7, 11) is 0. The topological polar surface area (TPSA) is 0 Å². The molecule has 1 aliphatic carbocycles. The molecule has 2 atom stereocenters. The Morgan fingerprint density at radius 1 is 1.00 bits per heavy atom. The highest BCUT2D eigenvalue weighted by Gasteiger charge is 2.50. The maximum atomic E-state index is 14.1. The highest BCUT2D eigenvalue weighted by molar-refractivity contribution is 6.36. The van der Waals surface area contributed by atoms with Gasteiger partial charge in [-0.15, -0.1) is 11.6 Å². The number of hydrogen-bond donors (Lipinski definition) is 0. The van der Waals surface area contributed by atoms with E-state index in [4.69, 9.17) is 23.2 Å². The molecule has 1 aromatic rings. The Morgan fingerprint density at radius 2 is 1.62 bits per heavy atom. The molecule has 0 N–H and O–H groups in total. The van der Waals surface area contributed by atoms with Gasteiger partial charge in [0.2, 0.25) is 5.13 Å². The van der Waals surface area contributed by atoms with Crippen molar-refractivity contribution in [2.45, 2.75) is 10.0 Å². The van der Waals surface area contributed by atoms with Gasteiger partial charge < -0.3 is 0 Å². The molecule has 2 rings (SSSR count). The van der Waals surface area contributed by atoms with E-state index in [9.17, 15) is 8.78 Å². The third-order valence-corrected chi connectivity index (χ3v) is 3.62. The first-order valence-corrected chi connectivity index (χ1v) is 5.42. The monoisotopic (exact) mass is 260 g/mol. The van der Waals surface area contributed by atoms with Gasteiger partial charge in [-0.1, -0.05) is 48.0 Å². The zero-order chi connectivity index (χ0) is 11.8. The van der Waals surface area contributed by atoms with Crippen LogP contribution < -0.4 is 0 Å². The van der Waals surface area contributed by atoms with E-state index in [2.05, 4.69) is 0 Å². The van der Waals surface area contributed by atoms with Crippen molar-refractivity contribution in [3.8, 4) is 0 Å². The minimum absolute atomic E-state index is 0.0229. The van der Waals surface area contributed by atoms with Crippen molar-refractivity contribution in [1.29, 1.82) is 0 Å². The van der Waals surface area contributed by atoms with E-state index in [1.165, 1.54) is 30.4 Å². The number of hydrogen-bond acceptors (Lipinski definition) is 0. The van der Waals surface area contributed by atoms with Gasteiger partial charge in [-0.05, 0) is 12.1 Å². The van der Waals surface area contributed by atoms with Crippen molar-refractivity contribution in [3.63, 3.8) is 0 Å². The first-order valence-electron chi connectivity index (χ1n) is 4.66. The number of alkyl halides is 3. The van der Waals surface area contributed by atoms with Crippen molar-refractivity contribution in [2.24, 2.45) is 0 Å². The molecule has 0 aromatic heterocycles. The van der Waals surface area contributed by atoms with Crippen molar-refractivity contribution in [3.05, 3.63) is 60.0 Å². The van der Waals surface area contributed by atoms with Gasteiger partial charge in [0.15, 0.2) is 0 Å². The highest BCUT2D eigenvalue weighted by Crippen LogP contribution is 2.49. The molecule has 2 unspecified atom stereocenters. The van der Waals surface area contributed by atoms with Gasteiger partial charge in [-0.25, -0.2) is 8.78 Å². The summed E-state index contributed by atoms with van der Waals surface area (Å²) in [5.41, 5.74) is 0.0229. The summed E-state index contributed by atoms with van der Waals surface area (Å²) in [6.07, 6.45) is 5.43. The lowest BCUT2D eigenvalue weighted by molar-refractivity contribution is 0.285. The fourth-order valence-corrected chi connectivity index (χ4v) is 2.15. The fraction of sp³-hybridized carbons (Fsp3) is 0.167. The van der Waals surface area contributed by atoms with Gasteiger partial charge in [-0.2, -0.15) is 0 Å². The average molecular weight is 261 g/mol. The number of allylic oxidation sites excluding steroid dienone is 4. The van der Waals surface area contributed by atoms with Crippen molar-refractivity contribution >= 4 is 23.2 Å². The molecule has 84 valence electrons. The molecule has 0 saturated carbocycles. The molecule has 0 nitrogen and oxygen atoms in total. The van der Waals surface area contributed by atoms with Crippen LogP contribution in [0.4, 0.5) is 8.78 Å². The Kier molecular flexibility index (Phi) is 2.81. The van der Waals surface area contributed by atoms with Crippen LogP contribution in [0.2, 0.25) is 0 Å². The summed E-state index contributed by atoms with van der Waals surface area (Å²) in [4.78, 5) is -1.71. The quantitative estimate of drug-likeness (QED) is 0.661. The molecule has 0 heterocycles. The average Bonchev–Trinajstić information content (AvgIpc) is 2.23. The maximum absolute atomic E-state index is 14.1. The smallest absolute Gasteiger partial charge is 0.219 e. The fourth-order valence-electron chi connectivity index (χ4n) is 1.62. The summed E-state index contributed by atoms with van der Waals surface area (Å²) in [6.45, 7) is 0. The summed E-state index contributed by atoms with van der Waals surface area (Å²) in [5, 5.41) is -2.34. The van der Waals surface area contributed by atoms with E-state index in [0.29, 0.717) is 0 Å². The second kappa shape index (κ2) is 3.86. The lowest BCUT2D eigenvalue weighted by Gasteiger charge is -2.34. The van der Waals surface area contributed by atoms with E-state index >= 15 is 0 Å². The zero-order valence-electron chi connectivity index (χ0n) is 8.13. The molecule has 1 aromatic carbocycles. The van der Waals surface area contributed by atoms with Gasteiger partial charge in [0.05, 0.1) is 0 Å². The van der Waals surface area contributed by atoms with E-state index in [0.717, 1.165) is 6.08 Å². The van der Waals surface area contributed by atoms with Gasteiger partial charge in [0.25, 0.3) is 0 Å². The lowest BCUT2D eigenvalue weighted by atomic mass is 9.89. The molecule has 0 amide bonds. The van der Waals surface area contributed by atoms with Crippen LogP contribution in [0.5, 0.6) is 0 Å². The number of benzene rings is 1. The third kappa shape index (κ3) is 1.66. The largest absolute Gasteiger partial charge is 0.228 e. The van der Waals surface area contributed by atoms with E-state index in [1.54, 1.807) is 12.1 Å². The van der Waals surface area contributed by atoms with Crippen LogP contribution in [0.3, 0.4) is 0 Å². The van der Waals surface area contributed by atoms with E-state index in [-0.39, 0.29) is 5.56 Å². The summed E-state index contributed by atoms with van der Waals surface area (Å²) >= 11 is 11.8. The first kappa shape index (κ1) is 11.6. The molecule has 4 heteroatoms. The molecule has 0 aliphatic heterocycles.